The second-order valence-corrected chi connectivity index (χ2v) is 7.07. The molecule has 2 rings (SSSR count). The lowest BCUT2D eigenvalue weighted by Crippen LogP contribution is -2.37. The summed E-state index contributed by atoms with van der Waals surface area (Å²) in [7, 11) is 1.72. The first-order valence-electron chi connectivity index (χ1n) is 7.43. The number of aryl methyl sites for hydroxylation is 1. The fraction of sp³-hybridized carbons (Fsp3) is 0.375. The van der Waals surface area contributed by atoms with Gasteiger partial charge in [0.1, 0.15) is 5.82 Å². The van der Waals surface area contributed by atoms with Gasteiger partial charge in [-0.1, -0.05) is 22.9 Å². The van der Waals surface area contributed by atoms with Crippen molar-refractivity contribution < 1.29 is 4.39 Å². The maximum Gasteiger partial charge on any atom is 0.191 e. The van der Waals surface area contributed by atoms with Crippen molar-refractivity contribution in [3.05, 3.63) is 50.1 Å². The number of benzene rings is 1. The maximum absolute atomic E-state index is 13.3. The summed E-state index contributed by atoms with van der Waals surface area (Å²) in [6, 6.07) is 4.83. The van der Waals surface area contributed by atoms with Gasteiger partial charge in [-0.05, 0) is 30.2 Å². The van der Waals surface area contributed by atoms with Crippen LogP contribution in [0.3, 0.4) is 0 Å². The molecule has 0 atom stereocenters. The predicted octanol–water partition coefficient (Wildman–Crippen LogP) is 3.51. The molecule has 4 nitrogen and oxygen atoms in total. The SMILES string of the molecule is CCc1cnc(CCNC(=NC)NCc2cc(F)cc(Br)c2)s1. The standard InChI is InChI=1S/C16H20BrFN4S/c1-3-14-10-21-15(23-14)4-5-20-16(19-2)22-9-11-6-12(17)8-13(18)7-11/h6-8,10H,3-5,9H2,1-2H3,(H2,19,20,22). The molecule has 2 aromatic rings. The molecule has 0 aliphatic rings. The number of thiazole rings is 1. The number of aromatic nitrogens is 1. The third-order valence-electron chi connectivity index (χ3n) is 3.19. The normalized spacial score (nSPS) is 11.6. The lowest BCUT2D eigenvalue weighted by Gasteiger charge is -2.11. The van der Waals surface area contributed by atoms with E-state index in [1.807, 2.05) is 12.3 Å². The zero-order valence-corrected chi connectivity index (χ0v) is 15.6. The third-order valence-corrected chi connectivity index (χ3v) is 4.85. The monoisotopic (exact) mass is 398 g/mol. The third kappa shape index (κ3) is 5.91. The molecule has 2 N–H and O–H groups in total. The van der Waals surface area contributed by atoms with E-state index in [-0.39, 0.29) is 5.82 Å². The molecule has 7 heteroatoms. The molecule has 0 bridgehead atoms. The molecule has 0 aliphatic carbocycles. The molecule has 0 radical (unpaired) electrons. The van der Waals surface area contributed by atoms with Crippen LogP contribution < -0.4 is 10.6 Å². The molecular weight excluding hydrogens is 379 g/mol. The van der Waals surface area contributed by atoms with Crippen molar-refractivity contribution in [2.24, 2.45) is 4.99 Å². The van der Waals surface area contributed by atoms with E-state index in [0.29, 0.717) is 12.5 Å². The highest BCUT2D eigenvalue weighted by molar-refractivity contribution is 9.10. The number of halogens is 2. The Balaban J connectivity index is 1.79. The fourth-order valence-corrected chi connectivity index (χ4v) is 3.41. The first-order valence-corrected chi connectivity index (χ1v) is 9.04. The van der Waals surface area contributed by atoms with E-state index in [0.717, 1.165) is 34.4 Å². The van der Waals surface area contributed by atoms with Gasteiger partial charge in [0.2, 0.25) is 0 Å². The quantitative estimate of drug-likeness (QED) is 0.577. The Morgan fingerprint density at radius 1 is 1.35 bits per heavy atom. The molecule has 1 aromatic carbocycles. The van der Waals surface area contributed by atoms with Crippen LogP contribution in [0.15, 0.2) is 33.9 Å². The van der Waals surface area contributed by atoms with Crippen LogP contribution in [0.5, 0.6) is 0 Å². The number of aliphatic imine (C=N–C) groups is 1. The van der Waals surface area contributed by atoms with Crippen LogP contribution >= 0.6 is 27.3 Å². The highest BCUT2D eigenvalue weighted by Gasteiger charge is 2.03. The first kappa shape index (κ1) is 17.9. The number of guanidine groups is 1. The number of hydrogen-bond acceptors (Lipinski definition) is 3. The topological polar surface area (TPSA) is 49.3 Å². The molecule has 0 unspecified atom stereocenters. The predicted molar refractivity (Wildman–Crippen MR) is 97.5 cm³/mol. The molecular formula is C16H20BrFN4S. The van der Waals surface area contributed by atoms with Crippen molar-refractivity contribution in [2.45, 2.75) is 26.3 Å². The zero-order valence-electron chi connectivity index (χ0n) is 13.2. The van der Waals surface area contributed by atoms with Crippen LogP contribution in [-0.4, -0.2) is 24.5 Å². The average molecular weight is 399 g/mol. The van der Waals surface area contributed by atoms with Crippen LogP contribution in [0.25, 0.3) is 0 Å². The van der Waals surface area contributed by atoms with Gasteiger partial charge < -0.3 is 10.6 Å². The number of rotatable bonds is 6. The van der Waals surface area contributed by atoms with E-state index in [4.69, 9.17) is 0 Å². The summed E-state index contributed by atoms with van der Waals surface area (Å²) in [5.41, 5.74) is 0.854. The van der Waals surface area contributed by atoms with Gasteiger partial charge in [-0.15, -0.1) is 11.3 Å². The largest absolute Gasteiger partial charge is 0.356 e. The van der Waals surface area contributed by atoms with Crippen molar-refractivity contribution >= 4 is 33.2 Å². The fourth-order valence-electron chi connectivity index (χ4n) is 2.03. The van der Waals surface area contributed by atoms with Gasteiger partial charge in [-0.25, -0.2) is 9.37 Å². The van der Waals surface area contributed by atoms with Crippen molar-refractivity contribution in [3.63, 3.8) is 0 Å². The Hall–Kier alpha value is -1.47. The summed E-state index contributed by atoms with van der Waals surface area (Å²) in [6.07, 6.45) is 3.82. The Bertz CT molecular complexity index is 652. The molecule has 124 valence electrons. The van der Waals surface area contributed by atoms with Gasteiger partial charge in [-0.2, -0.15) is 0 Å². The van der Waals surface area contributed by atoms with Gasteiger partial charge >= 0.3 is 0 Å². The summed E-state index contributed by atoms with van der Waals surface area (Å²) < 4.78 is 14.1. The number of nitrogens with zero attached hydrogens (tertiary/aromatic N) is 2. The van der Waals surface area contributed by atoms with Crippen molar-refractivity contribution in [2.75, 3.05) is 13.6 Å². The molecule has 0 saturated carbocycles. The van der Waals surface area contributed by atoms with E-state index >= 15 is 0 Å². The Morgan fingerprint density at radius 2 is 2.17 bits per heavy atom. The molecule has 1 aromatic heterocycles. The van der Waals surface area contributed by atoms with E-state index in [9.17, 15) is 4.39 Å². The van der Waals surface area contributed by atoms with Gasteiger partial charge in [0.15, 0.2) is 5.96 Å². The van der Waals surface area contributed by atoms with Crippen LogP contribution in [-0.2, 0) is 19.4 Å². The summed E-state index contributed by atoms with van der Waals surface area (Å²) in [5, 5.41) is 7.55. The Morgan fingerprint density at radius 3 is 2.83 bits per heavy atom. The first-order chi connectivity index (χ1) is 11.1. The highest BCUT2D eigenvalue weighted by atomic mass is 79.9. The molecule has 0 spiro atoms. The van der Waals surface area contributed by atoms with Crippen LogP contribution in [0.2, 0.25) is 0 Å². The maximum atomic E-state index is 13.3. The van der Waals surface area contributed by atoms with E-state index < -0.39 is 0 Å². The summed E-state index contributed by atoms with van der Waals surface area (Å²) in [6.45, 7) is 3.39. The Labute approximate surface area is 148 Å². The van der Waals surface area contributed by atoms with Gasteiger partial charge in [0, 0.05) is 42.1 Å². The average Bonchev–Trinajstić information content (AvgIpc) is 2.97. The smallest absolute Gasteiger partial charge is 0.191 e. The molecule has 0 fully saturated rings. The summed E-state index contributed by atoms with van der Waals surface area (Å²) >= 11 is 5.04. The van der Waals surface area contributed by atoms with Crippen molar-refractivity contribution in [3.8, 4) is 0 Å². The summed E-state index contributed by atoms with van der Waals surface area (Å²) in [5.74, 6) is 0.437. The minimum Gasteiger partial charge on any atom is -0.356 e. The molecule has 0 saturated heterocycles. The minimum atomic E-state index is -0.255. The number of nitrogens with one attached hydrogen (secondary N) is 2. The highest BCUT2D eigenvalue weighted by Crippen LogP contribution is 2.15. The molecule has 0 aliphatic heterocycles. The lowest BCUT2D eigenvalue weighted by atomic mass is 10.2. The van der Waals surface area contributed by atoms with Crippen molar-refractivity contribution in [1.82, 2.24) is 15.6 Å². The van der Waals surface area contributed by atoms with Gasteiger partial charge in [-0.3, -0.25) is 4.99 Å². The second kappa shape index (κ2) is 8.98. The molecule has 1 heterocycles. The number of hydrogen-bond donors (Lipinski definition) is 2. The van der Waals surface area contributed by atoms with Gasteiger partial charge in [0.05, 0.1) is 5.01 Å². The van der Waals surface area contributed by atoms with E-state index in [1.54, 1.807) is 18.4 Å². The molecule has 23 heavy (non-hydrogen) atoms. The second-order valence-electron chi connectivity index (χ2n) is 4.95. The van der Waals surface area contributed by atoms with Crippen LogP contribution in [0.1, 0.15) is 22.4 Å². The van der Waals surface area contributed by atoms with Crippen molar-refractivity contribution in [1.29, 1.82) is 0 Å². The van der Waals surface area contributed by atoms with E-state index in [1.165, 1.54) is 17.0 Å². The Kier molecular flexibility index (Phi) is 6.98. The zero-order chi connectivity index (χ0) is 16.7. The lowest BCUT2D eigenvalue weighted by molar-refractivity contribution is 0.623. The van der Waals surface area contributed by atoms with Crippen LogP contribution in [0.4, 0.5) is 4.39 Å². The van der Waals surface area contributed by atoms with Gasteiger partial charge in [0.25, 0.3) is 0 Å². The van der Waals surface area contributed by atoms with E-state index in [2.05, 4.69) is 43.5 Å². The van der Waals surface area contributed by atoms with Crippen LogP contribution in [0, 0.1) is 5.82 Å². The minimum absolute atomic E-state index is 0.255. The summed E-state index contributed by atoms with van der Waals surface area (Å²) in [4.78, 5) is 9.87. The molecule has 0 amide bonds.